The number of primary amides is 1. The normalized spacial score (nSPS) is 25.7. The molecule has 0 aromatic heterocycles. The van der Waals surface area contributed by atoms with Gasteiger partial charge in [-0.05, 0) is 5.92 Å². The van der Waals surface area contributed by atoms with Crippen LogP contribution < -0.4 is 11.1 Å². The highest BCUT2D eigenvalue weighted by molar-refractivity contribution is 5.80. The number of carbonyl (C=O) groups excluding carboxylic acids is 2. The number of urea groups is 1. The Morgan fingerprint density at radius 1 is 1.58 bits per heavy atom. The Hall–Kier alpha value is -1.73. The van der Waals surface area contributed by atoms with Gasteiger partial charge in [-0.1, -0.05) is 19.9 Å². The Morgan fingerprint density at radius 3 is 2.63 bits per heavy atom. The van der Waals surface area contributed by atoms with Crippen molar-refractivity contribution < 1.29 is 22.8 Å². The number of nitrogens with zero attached hydrogens (tertiary/aromatic N) is 1. The van der Waals surface area contributed by atoms with E-state index < -0.39 is 36.6 Å². The molecule has 0 spiro atoms. The zero-order valence-corrected chi connectivity index (χ0v) is 10.6. The molecule has 1 aliphatic heterocycles. The SMILES string of the molecule is CC1C=CN(CC(F)(F)F)C(=O)NC1[C@H](C)C(N)=O. The molecule has 0 bridgehead atoms. The molecule has 0 aromatic carbocycles. The Labute approximate surface area is 108 Å². The minimum Gasteiger partial charge on any atom is -0.369 e. The smallest absolute Gasteiger partial charge is 0.369 e. The van der Waals surface area contributed by atoms with E-state index in [-0.39, 0.29) is 5.92 Å². The number of carbonyl (C=O) groups is 2. The number of hydrogen-bond acceptors (Lipinski definition) is 2. The number of amides is 3. The van der Waals surface area contributed by atoms with Crippen LogP contribution in [0.25, 0.3) is 0 Å². The molecule has 8 heteroatoms. The molecule has 0 aliphatic carbocycles. The van der Waals surface area contributed by atoms with Gasteiger partial charge in [0.15, 0.2) is 0 Å². The first-order valence-corrected chi connectivity index (χ1v) is 5.73. The minimum absolute atomic E-state index is 0.301. The molecule has 108 valence electrons. The van der Waals surface area contributed by atoms with Crippen LogP contribution >= 0.6 is 0 Å². The zero-order chi connectivity index (χ0) is 14.8. The maximum atomic E-state index is 12.3. The third-order valence-corrected chi connectivity index (χ3v) is 3.02. The fourth-order valence-corrected chi connectivity index (χ4v) is 1.86. The van der Waals surface area contributed by atoms with Gasteiger partial charge >= 0.3 is 12.2 Å². The van der Waals surface area contributed by atoms with Crippen LogP contribution in [0.3, 0.4) is 0 Å². The third-order valence-electron chi connectivity index (χ3n) is 3.02. The van der Waals surface area contributed by atoms with Crippen molar-refractivity contribution in [2.45, 2.75) is 26.1 Å². The molecular weight excluding hydrogens is 263 g/mol. The quantitative estimate of drug-likeness (QED) is 0.815. The summed E-state index contributed by atoms with van der Waals surface area (Å²) in [6, 6.07) is -1.52. The van der Waals surface area contributed by atoms with Crippen LogP contribution in [0.1, 0.15) is 13.8 Å². The van der Waals surface area contributed by atoms with E-state index in [1.54, 1.807) is 6.92 Å². The summed E-state index contributed by atoms with van der Waals surface area (Å²) in [6.45, 7) is 1.84. The summed E-state index contributed by atoms with van der Waals surface area (Å²) >= 11 is 0. The molecule has 0 radical (unpaired) electrons. The Bertz CT molecular complexity index is 395. The Balaban J connectivity index is 2.86. The largest absolute Gasteiger partial charge is 0.406 e. The van der Waals surface area contributed by atoms with Gasteiger partial charge in [0.25, 0.3) is 0 Å². The summed E-state index contributed by atoms with van der Waals surface area (Å²) in [5.74, 6) is -1.59. The topological polar surface area (TPSA) is 75.4 Å². The average Bonchev–Trinajstić information content (AvgIpc) is 2.39. The van der Waals surface area contributed by atoms with Crippen molar-refractivity contribution in [3.8, 4) is 0 Å². The van der Waals surface area contributed by atoms with E-state index in [0.29, 0.717) is 4.90 Å². The lowest BCUT2D eigenvalue weighted by atomic mass is 9.90. The van der Waals surface area contributed by atoms with Gasteiger partial charge in [0.05, 0.1) is 5.92 Å². The zero-order valence-electron chi connectivity index (χ0n) is 10.6. The summed E-state index contributed by atoms with van der Waals surface area (Å²) in [7, 11) is 0. The summed E-state index contributed by atoms with van der Waals surface area (Å²) in [5, 5.41) is 2.41. The van der Waals surface area contributed by atoms with Gasteiger partial charge in [-0.2, -0.15) is 13.2 Å². The maximum Gasteiger partial charge on any atom is 0.406 e. The van der Waals surface area contributed by atoms with Crippen molar-refractivity contribution >= 4 is 11.9 Å². The standard InChI is InChI=1S/C11H16F3N3O2/c1-6-3-4-17(5-11(12,13)14)10(19)16-8(6)7(2)9(15)18/h3-4,6-8H,5H2,1-2H3,(H2,15,18)(H,16,19)/t6?,7-,8?/m0/s1. The lowest BCUT2D eigenvalue weighted by molar-refractivity contribution is -0.135. The molecule has 1 aliphatic rings. The average molecular weight is 279 g/mol. The van der Waals surface area contributed by atoms with Gasteiger partial charge in [0.1, 0.15) is 6.54 Å². The van der Waals surface area contributed by atoms with E-state index in [0.717, 1.165) is 6.20 Å². The predicted octanol–water partition coefficient (Wildman–Crippen LogP) is 1.21. The number of nitrogens with two attached hydrogens (primary N) is 1. The van der Waals surface area contributed by atoms with Crippen molar-refractivity contribution in [3.63, 3.8) is 0 Å². The van der Waals surface area contributed by atoms with Crippen molar-refractivity contribution in [2.75, 3.05) is 6.54 Å². The van der Waals surface area contributed by atoms with E-state index >= 15 is 0 Å². The first-order valence-electron chi connectivity index (χ1n) is 5.73. The molecule has 3 N–H and O–H groups in total. The third kappa shape index (κ3) is 4.15. The highest BCUT2D eigenvalue weighted by Gasteiger charge is 2.36. The summed E-state index contributed by atoms with van der Waals surface area (Å²) < 4.78 is 36.9. The summed E-state index contributed by atoms with van der Waals surface area (Å²) in [4.78, 5) is 23.3. The molecule has 0 saturated heterocycles. The first kappa shape index (κ1) is 15.3. The van der Waals surface area contributed by atoms with Crippen LogP contribution in [-0.4, -0.2) is 35.6 Å². The Morgan fingerprint density at radius 2 is 2.16 bits per heavy atom. The van der Waals surface area contributed by atoms with Crippen LogP contribution in [0.2, 0.25) is 0 Å². The molecule has 3 amide bonds. The first-order chi connectivity index (χ1) is 8.61. The van der Waals surface area contributed by atoms with E-state index in [2.05, 4.69) is 5.32 Å². The second-order valence-electron chi connectivity index (χ2n) is 4.61. The van der Waals surface area contributed by atoms with Crippen LogP contribution in [0.15, 0.2) is 12.3 Å². The molecule has 3 atom stereocenters. The van der Waals surface area contributed by atoms with Crippen LogP contribution in [0.4, 0.5) is 18.0 Å². The molecule has 0 saturated carbocycles. The molecule has 2 unspecified atom stereocenters. The fourth-order valence-electron chi connectivity index (χ4n) is 1.86. The van der Waals surface area contributed by atoms with Crippen molar-refractivity contribution in [3.05, 3.63) is 12.3 Å². The number of rotatable bonds is 3. The van der Waals surface area contributed by atoms with Crippen LogP contribution in [0.5, 0.6) is 0 Å². The number of halogens is 3. The molecular formula is C11H16F3N3O2. The fraction of sp³-hybridized carbons (Fsp3) is 0.636. The predicted molar refractivity (Wildman–Crippen MR) is 61.7 cm³/mol. The molecule has 19 heavy (non-hydrogen) atoms. The van der Waals surface area contributed by atoms with Crippen molar-refractivity contribution in [2.24, 2.45) is 17.6 Å². The number of nitrogens with one attached hydrogen (secondary N) is 1. The molecule has 0 aromatic rings. The minimum atomic E-state index is -4.49. The van der Waals surface area contributed by atoms with E-state index in [1.165, 1.54) is 13.0 Å². The van der Waals surface area contributed by atoms with Gasteiger partial charge in [-0.15, -0.1) is 0 Å². The van der Waals surface area contributed by atoms with Crippen LogP contribution in [-0.2, 0) is 4.79 Å². The maximum absolute atomic E-state index is 12.3. The van der Waals surface area contributed by atoms with Gasteiger partial charge in [-0.25, -0.2) is 4.79 Å². The van der Waals surface area contributed by atoms with Crippen molar-refractivity contribution in [1.29, 1.82) is 0 Å². The van der Waals surface area contributed by atoms with Gasteiger partial charge in [0, 0.05) is 12.2 Å². The molecule has 1 rings (SSSR count). The highest BCUT2D eigenvalue weighted by atomic mass is 19.4. The summed E-state index contributed by atoms with van der Waals surface area (Å²) in [6.07, 6.45) is -1.95. The van der Waals surface area contributed by atoms with E-state index in [9.17, 15) is 22.8 Å². The van der Waals surface area contributed by atoms with Crippen LogP contribution in [0, 0.1) is 11.8 Å². The Kier molecular flexibility index (Phi) is 4.43. The van der Waals surface area contributed by atoms with Gasteiger partial charge in [0.2, 0.25) is 5.91 Å². The second-order valence-corrected chi connectivity index (χ2v) is 4.61. The number of hydrogen-bond donors (Lipinski definition) is 2. The van der Waals surface area contributed by atoms with E-state index in [1.807, 2.05) is 0 Å². The van der Waals surface area contributed by atoms with Crippen molar-refractivity contribution in [1.82, 2.24) is 10.2 Å². The monoisotopic (exact) mass is 279 g/mol. The highest BCUT2D eigenvalue weighted by Crippen LogP contribution is 2.21. The molecule has 0 fully saturated rings. The summed E-state index contributed by atoms with van der Waals surface area (Å²) in [5.41, 5.74) is 5.15. The second kappa shape index (κ2) is 5.50. The van der Waals surface area contributed by atoms with E-state index in [4.69, 9.17) is 5.73 Å². The lowest BCUT2D eigenvalue weighted by Gasteiger charge is -2.26. The molecule has 5 nitrogen and oxygen atoms in total. The van der Waals surface area contributed by atoms with Gasteiger partial charge < -0.3 is 11.1 Å². The number of alkyl halides is 3. The van der Waals surface area contributed by atoms with Gasteiger partial charge in [-0.3, -0.25) is 9.69 Å². The molecule has 1 heterocycles. The lowest BCUT2D eigenvalue weighted by Crippen LogP contribution is -2.50.